The number of hydrogen-bond acceptors (Lipinski definition) is 4. The monoisotopic (exact) mass is 281 g/mol. The molecule has 1 aromatic carbocycles. The third-order valence-electron chi connectivity index (χ3n) is 3.36. The molecule has 5 nitrogen and oxygen atoms in total. The van der Waals surface area contributed by atoms with Crippen molar-refractivity contribution in [3.63, 3.8) is 0 Å². The zero-order valence-electron chi connectivity index (χ0n) is 11.8. The fourth-order valence-electron chi connectivity index (χ4n) is 2.44. The Bertz CT molecular complexity index is 517. The Kier molecular flexibility index (Phi) is 4.25. The molecule has 0 aromatic heterocycles. The van der Waals surface area contributed by atoms with E-state index in [1.54, 1.807) is 12.1 Å². The molecule has 1 heterocycles. The molecule has 20 heavy (non-hydrogen) atoms. The lowest BCUT2D eigenvalue weighted by atomic mass is 10.0. The molecule has 0 amide bonds. The van der Waals surface area contributed by atoms with Crippen LogP contribution in [0.5, 0.6) is 0 Å². The Hall–Kier alpha value is -1.66. The minimum atomic E-state index is -0.438. The largest absolute Gasteiger partial charge is 0.409 e. The van der Waals surface area contributed by atoms with E-state index in [2.05, 4.69) is 10.1 Å². The first-order chi connectivity index (χ1) is 9.43. The van der Waals surface area contributed by atoms with E-state index < -0.39 is 5.82 Å². The maximum Gasteiger partial charge on any atom is 0.173 e. The summed E-state index contributed by atoms with van der Waals surface area (Å²) in [6.45, 7) is 6.64. The van der Waals surface area contributed by atoms with Crippen LogP contribution in [0.1, 0.15) is 25.0 Å². The summed E-state index contributed by atoms with van der Waals surface area (Å²) in [4.78, 5) is 2.14. The first-order valence-corrected chi connectivity index (χ1v) is 6.54. The van der Waals surface area contributed by atoms with Gasteiger partial charge in [0.2, 0.25) is 0 Å². The van der Waals surface area contributed by atoms with Gasteiger partial charge in [-0.25, -0.2) is 4.39 Å². The lowest BCUT2D eigenvalue weighted by Gasteiger charge is -2.38. The van der Waals surface area contributed by atoms with Gasteiger partial charge in [-0.1, -0.05) is 17.3 Å². The van der Waals surface area contributed by atoms with Crippen LogP contribution in [0.15, 0.2) is 23.4 Å². The topological polar surface area (TPSA) is 71.1 Å². The number of morpholine rings is 1. The lowest BCUT2D eigenvalue weighted by molar-refractivity contribution is -0.0884. The van der Waals surface area contributed by atoms with Crippen molar-refractivity contribution in [2.24, 2.45) is 10.9 Å². The average Bonchev–Trinajstić information content (AvgIpc) is 2.39. The zero-order chi connectivity index (χ0) is 14.8. The number of nitrogens with zero attached hydrogens (tertiary/aromatic N) is 2. The van der Waals surface area contributed by atoms with E-state index in [0.29, 0.717) is 18.7 Å². The lowest BCUT2D eigenvalue weighted by Crippen LogP contribution is -2.47. The molecule has 0 saturated carbocycles. The number of oxime groups is 1. The molecule has 1 aromatic rings. The molecule has 2 rings (SSSR count). The number of benzene rings is 1. The van der Waals surface area contributed by atoms with E-state index in [1.807, 2.05) is 13.8 Å². The molecule has 0 aliphatic carbocycles. The predicted octanol–water partition coefficient (Wildman–Crippen LogP) is 1.53. The quantitative estimate of drug-likeness (QED) is 0.381. The van der Waals surface area contributed by atoms with Gasteiger partial charge in [-0.2, -0.15) is 0 Å². The number of hydrogen-bond donors (Lipinski definition) is 2. The standard InChI is InChI=1S/C14H20FN3O2/c1-14(2)9-18(6-7-20-14)8-10-4-3-5-11(12(10)15)13(16)17-19/h3-5,19H,6-9H2,1-2H3,(H2,16,17). The number of amidine groups is 1. The van der Waals surface area contributed by atoms with Crippen LogP contribution in [0.2, 0.25) is 0 Å². The van der Waals surface area contributed by atoms with E-state index in [9.17, 15) is 4.39 Å². The minimum Gasteiger partial charge on any atom is -0.409 e. The summed E-state index contributed by atoms with van der Waals surface area (Å²) in [6, 6.07) is 4.92. The van der Waals surface area contributed by atoms with Crippen molar-refractivity contribution in [2.45, 2.75) is 26.0 Å². The Morgan fingerprint density at radius 3 is 2.95 bits per heavy atom. The minimum absolute atomic E-state index is 0.123. The Labute approximate surface area is 117 Å². The van der Waals surface area contributed by atoms with Gasteiger partial charge in [0.15, 0.2) is 5.84 Å². The van der Waals surface area contributed by atoms with Crippen molar-refractivity contribution in [3.8, 4) is 0 Å². The Balaban J connectivity index is 2.18. The summed E-state index contributed by atoms with van der Waals surface area (Å²) < 4.78 is 20.0. The summed E-state index contributed by atoms with van der Waals surface area (Å²) >= 11 is 0. The third-order valence-corrected chi connectivity index (χ3v) is 3.36. The van der Waals surface area contributed by atoms with Gasteiger partial charge in [0.1, 0.15) is 5.82 Å². The summed E-state index contributed by atoms with van der Waals surface area (Å²) in [5.41, 5.74) is 5.90. The predicted molar refractivity (Wildman–Crippen MR) is 74.2 cm³/mol. The molecule has 1 aliphatic rings. The second-order valence-electron chi connectivity index (χ2n) is 5.58. The molecule has 6 heteroatoms. The van der Waals surface area contributed by atoms with Crippen molar-refractivity contribution in [2.75, 3.05) is 19.7 Å². The summed E-state index contributed by atoms with van der Waals surface area (Å²) in [7, 11) is 0. The highest BCUT2D eigenvalue weighted by atomic mass is 19.1. The van der Waals surface area contributed by atoms with Gasteiger partial charge in [0.25, 0.3) is 0 Å². The van der Waals surface area contributed by atoms with Crippen molar-refractivity contribution < 1.29 is 14.3 Å². The first-order valence-electron chi connectivity index (χ1n) is 6.54. The van der Waals surface area contributed by atoms with Crippen LogP contribution in [-0.2, 0) is 11.3 Å². The van der Waals surface area contributed by atoms with Gasteiger partial charge in [0.05, 0.1) is 17.8 Å². The highest BCUT2D eigenvalue weighted by Gasteiger charge is 2.27. The van der Waals surface area contributed by atoms with Crippen molar-refractivity contribution in [1.82, 2.24) is 4.90 Å². The SMILES string of the molecule is CC1(C)CN(Cc2cccc(/C(N)=N/O)c2F)CCO1. The number of ether oxygens (including phenoxy) is 1. The highest BCUT2D eigenvalue weighted by Crippen LogP contribution is 2.20. The van der Waals surface area contributed by atoms with E-state index in [0.717, 1.165) is 13.1 Å². The molecule has 3 N–H and O–H groups in total. The second-order valence-corrected chi connectivity index (χ2v) is 5.58. The van der Waals surface area contributed by atoms with Crippen LogP contribution in [-0.4, -0.2) is 41.2 Å². The van der Waals surface area contributed by atoms with Crippen LogP contribution in [0.25, 0.3) is 0 Å². The molecule has 110 valence electrons. The van der Waals surface area contributed by atoms with Crippen molar-refractivity contribution in [1.29, 1.82) is 0 Å². The molecular weight excluding hydrogens is 261 g/mol. The van der Waals surface area contributed by atoms with E-state index in [4.69, 9.17) is 15.7 Å². The zero-order valence-corrected chi connectivity index (χ0v) is 11.8. The fraction of sp³-hybridized carbons (Fsp3) is 0.500. The van der Waals surface area contributed by atoms with Crippen LogP contribution in [0, 0.1) is 5.82 Å². The van der Waals surface area contributed by atoms with Gasteiger partial charge < -0.3 is 15.7 Å². The summed E-state index contributed by atoms with van der Waals surface area (Å²) in [6.07, 6.45) is 0. The fourth-order valence-corrected chi connectivity index (χ4v) is 2.44. The smallest absolute Gasteiger partial charge is 0.173 e. The molecule has 1 saturated heterocycles. The number of halogens is 1. The van der Waals surface area contributed by atoms with E-state index in [1.165, 1.54) is 6.07 Å². The number of nitrogens with two attached hydrogens (primary N) is 1. The van der Waals surface area contributed by atoms with Crippen LogP contribution in [0.4, 0.5) is 4.39 Å². The van der Waals surface area contributed by atoms with Crippen LogP contribution >= 0.6 is 0 Å². The van der Waals surface area contributed by atoms with Crippen molar-refractivity contribution in [3.05, 3.63) is 35.1 Å². The first kappa shape index (κ1) is 14.7. The van der Waals surface area contributed by atoms with Gasteiger partial charge in [-0.15, -0.1) is 0 Å². The molecule has 0 atom stereocenters. The van der Waals surface area contributed by atoms with Crippen LogP contribution in [0.3, 0.4) is 0 Å². The molecule has 0 spiro atoms. The molecular formula is C14H20FN3O2. The normalized spacial score (nSPS) is 20.1. The van der Waals surface area contributed by atoms with E-state index in [-0.39, 0.29) is 17.0 Å². The second kappa shape index (κ2) is 5.76. The van der Waals surface area contributed by atoms with Crippen molar-refractivity contribution >= 4 is 5.84 Å². The van der Waals surface area contributed by atoms with Gasteiger partial charge in [-0.3, -0.25) is 4.90 Å². The number of rotatable bonds is 3. The maximum atomic E-state index is 14.3. The Morgan fingerprint density at radius 2 is 2.30 bits per heavy atom. The highest BCUT2D eigenvalue weighted by molar-refractivity contribution is 5.97. The molecule has 1 fully saturated rings. The molecule has 0 bridgehead atoms. The van der Waals surface area contributed by atoms with Crippen LogP contribution < -0.4 is 5.73 Å². The van der Waals surface area contributed by atoms with E-state index >= 15 is 0 Å². The summed E-state index contributed by atoms with van der Waals surface area (Å²) in [5.74, 6) is -0.654. The molecule has 0 unspecified atom stereocenters. The third kappa shape index (κ3) is 3.26. The maximum absolute atomic E-state index is 14.3. The summed E-state index contributed by atoms with van der Waals surface area (Å²) in [5, 5.41) is 11.5. The molecule has 1 aliphatic heterocycles. The van der Waals surface area contributed by atoms with Gasteiger partial charge >= 0.3 is 0 Å². The van der Waals surface area contributed by atoms with Gasteiger partial charge in [0, 0.05) is 25.2 Å². The molecule has 0 radical (unpaired) electrons. The van der Waals surface area contributed by atoms with Gasteiger partial charge in [-0.05, 0) is 19.9 Å². The Morgan fingerprint density at radius 1 is 1.55 bits per heavy atom. The average molecular weight is 281 g/mol.